The zero-order valence-electron chi connectivity index (χ0n) is 20.6. The summed E-state index contributed by atoms with van der Waals surface area (Å²) < 4.78 is 2.41. The van der Waals surface area contributed by atoms with Crippen LogP contribution < -0.4 is 21.9 Å². The van der Waals surface area contributed by atoms with Crippen molar-refractivity contribution >= 4 is 74.2 Å². The molecule has 1 unspecified atom stereocenters. The van der Waals surface area contributed by atoms with Crippen molar-refractivity contribution in [1.29, 1.82) is 5.26 Å². The lowest BCUT2D eigenvalue weighted by molar-refractivity contribution is -0.161. The van der Waals surface area contributed by atoms with Crippen LogP contribution in [-0.2, 0) is 24.0 Å². The molecule has 210 valence electrons. The van der Waals surface area contributed by atoms with Gasteiger partial charge in [-0.2, -0.15) is 5.26 Å². The Labute approximate surface area is 236 Å². The quantitative estimate of drug-likeness (QED) is 0.116. The molecule has 1 fully saturated rings. The van der Waals surface area contributed by atoms with Crippen LogP contribution in [0.25, 0.3) is 0 Å². The monoisotopic (exact) mass is 608 g/mol. The number of carbonyl (C=O) groups excluding carboxylic acids is 2. The number of oxime groups is 1. The molecule has 0 spiro atoms. The predicted molar refractivity (Wildman–Crippen MR) is 144 cm³/mol. The first-order valence-electron chi connectivity index (χ1n) is 11.1. The molecule has 40 heavy (non-hydrogen) atoms. The third kappa shape index (κ3) is 5.36. The van der Waals surface area contributed by atoms with Crippen LogP contribution in [0, 0.1) is 11.3 Å². The second kappa shape index (κ2) is 11.0. The number of nitrogen functional groups attached to an aromatic ring is 1. The molecular formula is C21H20N8O8S3. The summed E-state index contributed by atoms with van der Waals surface area (Å²) in [6.45, 7) is 2.39. The highest BCUT2D eigenvalue weighted by Gasteiger charge is 2.54. The number of thioether (sulfide) groups is 1. The minimum absolute atomic E-state index is 0.00982. The summed E-state index contributed by atoms with van der Waals surface area (Å²) in [7, 11) is 0. The van der Waals surface area contributed by atoms with Crippen LogP contribution >= 0.6 is 34.6 Å². The van der Waals surface area contributed by atoms with Crippen molar-refractivity contribution in [1.82, 2.24) is 19.6 Å². The first-order chi connectivity index (χ1) is 18.9. The number of H-pyrrole nitrogens is 1. The van der Waals surface area contributed by atoms with Crippen LogP contribution in [0.4, 0.5) is 10.1 Å². The number of aromatic amines is 1. The smallest absolute Gasteiger partial charge is 0.352 e. The van der Waals surface area contributed by atoms with Crippen LogP contribution in [0.2, 0.25) is 0 Å². The number of nitrogens with one attached hydrogen (secondary N) is 3. The predicted octanol–water partition coefficient (Wildman–Crippen LogP) is -0.219. The average Bonchev–Trinajstić information content (AvgIpc) is 3.49. The van der Waals surface area contributed by atoms with Crippen LogP contribution in [0.5, 0.6) is 0 Å². The van der Waals surface area contributed by atoms with Gasteiger partial charge in [-0.25, -0.2) is 14.6 Å². The number of thiazole rings is 1. The van der Waals surface area contributed by atoms with Crippen molar-refractivity contribution in [3.05, 3.63) is 38.3 Å². The Bertz CT molecular complexity index is 1570. The summed E-state index contributed by atoms with van der Waals surface area (Å²) in [5.41, 5.74) is 2.78. The molecule has 2 aliphatic rings. The number of anilines is 2. The number of nitrogens with two attached hydrogens (primary N) is 1. The first-order valence-corrected chi connectivity index (χ1v) is 13.9. The zero-order valence-corrected chi connectivity index (χ0v) is 23.0. The maximum atomic E-state index is 13.1. The van der Waals surface area contributed by atoms with Crippen LogP contribution in [-0.4, -0.2) is 83.2 Å². The number of amides is 2. The molecule has 4 heterocycles. The number of β-lactam (4-membered cyclic amide) rings is 1. The van der Waals surface area contributed by atoms with Gasteiger partial charge < -0.3 is 31.4 Å². The largest absolute Gasteiger partial charge is 0.478 e. The number of hydrogen-bond donors (Lipinski definition) is 6. The maximum absolute atomic E-state index is 13.1. The highest BCUT2D eigenvalue weighted by molar-refractivity contribution is 8.00. The Morgan fingerprint density at radius 2 is 2.10 bits per heavy atom. The van der Waals surface area contributed by atoms with E-state index in [1.807, 2.05) is 0 Å². The molecular weight excluding hydrogens is 588 g/mol. The van der Waals surface area contributed by atoms with Gasteiger partial charge in [0, 0.05) is 17.7 Å². The Morgan fingerprint density at radius 1 is 1.38 bits per heavy atom. The van der Waals surface area contributed by atoms with E-state index in [4.69, 9.17) is 15.8 Å². The number of aromatic nitrogens is 2. The summed E-state index contributed by atoms with van der Waals surface area (Å²) in [4.78, 5) is 71.5. The van der Waals surface area contributed by atoms with Gasteiger partial charge in [-0.1, -0.05) is 5.16 Å². The molecule has 2 aliphatic heterocycles. The van der Waals surface area contributed by atoms with Gasteiger partial charge in [0.1, 0.15) is 33.9 Å². The van der Waals surface area contributed by atoms with Gasteiger partial charge in [0.2, 0.25) is 5.60 Å². The molecule has 0 bridgehead atoms. The van der Waals surface area contributed by atoms with E-state index in [1.165, 1.54) is 31.0 Å². The van der Waals surface area contributed by atoms with Gasteiger partial charge in [-0.05, 0) is 31.0 Å². The molecule has 2 aromatic heterocycles. The lowest BCUT2D eigenvalue weighted by Gasteiger charge is -2.49. The zero-order chi connectivity index (χ0) is 29.4. The highest BCUT2D eigenvalue weighted by atomic mass is 32.2. The van der Waals surface area contributed by atoms with Gasteiger partial charge in [0.25, 0.3) is 17.4 Å². The number of aliphatic carboxylic acids is 2. The fourth-order valence-electron chi connectivity index (χ4n) is 3.54. The van der Waals surface area contributed by atoms with E-state index >= 15 is 0 Å². The van der Waals surface area contributed by atoms with Gasteiger partial charge >= 0.3 is 11.9 Å². The number of hydrogen-bond acceptors (Lipinski definition) is 14. The van der Waals surface area contributed by atoms with Gasteiger partial charge in [0.15, 0.2) is 16.4 Å². The normalized spacial score (nSPS) is 18.9. The fraction of sp³-hybridized carbons (Fsp3) is 0.333. The average molecular weight is 609 g/mol. The van der Waals surface area contributed by atoms with Gasteiger partial charge in [-0.15, -0.1) is 23.1 Å². The fourth-order valence-corrected chi connectivity index (χ4v) is 6.12. The van der Waals surface area contributed by atoms with E-state index < -0.39 is 52.0 Å². The number of carboxylic acid groups (broad SMARTS) is 2. The standard InChI is InChI=1S/C21H20N8O8S3/c1-21(2,19(35)36)37-27-10(9-6-39-20(23)25-9)14(31)26-11-16(32)29-12(18(33)34)7(5-38-17(11)29)4-24-15-8(3-22)13(30)28-40-15/h6,11,17,24H,4-5H2,1-2H3,(H2,23,25)(H,26,31)(H,28,30)(H,33,34)(H,35,36)/t11?,17-/m0/s1. The molecule has 2 amide bonds. The second-order valence-corrected chi connectivity index (χ2v) is 11.5. The second-order valence-electron chi connectivity index (χ2n) is 8.74. The first kappa shape index (κ1) is 28.6. The lowest BCUT2D eigenvalue weighted by Crippen LogP contribution is -2.71. The molecule has 16 nitrogen and oxygen atoms in total. The third-order valence-electron chi connectivity index (χ3n) is 5.67. The van der Waals surface area contributed by atoms with E-state index in [9.17, 15) is 34.2 Å². The molecule has 0 aromatic carbocycles. The lowest BCUT2D eigenvalue weighted by atomic mass is 10.0. The van der Waals surface area contributed by atoms with Gasteiger partial charge in [0.05, 0.1) is 0 Å². The maximum Gasteiger partial charge on any atom is 0.352 e. The Kier molecular flexibility index (Phi) is 7.86. The van der Waals surface area contributed by atoms with Crippen molar-refractivity contribution < 1.29 is 34.2 Å². The van der Waals surface area contributed by atoms with E-state index in [0.717, 1.165) is 27.8 Å². The minimum atomic E-state index is -1.79. The Morgan fingerprint density at radius 3 is 2.70 bits per heavy atom. The number of carbonyl (C=O) groups is 4. The van der Waals surface area contributed by atoms with Crippen LogP contribution in [0.3, 0.4) is 0 Å². The molecule has 0 saturated carbocycles. The van der Waals surface area contributed by atoms with Crippen LogP contribution in [0.1, 0.15) is 25.1 Å². The summed E-state index contributed by atoms with van der Waals surface area (Å²) >= 11 is 3.08. The number of carboxylic acids is 2. The Hall–Kier alpha value is -4.41. The van der Waals surface area contributed by atoms with Crippen molar-refractivity contribution in [2.45, 2.75) is 30.9 Å². The van der Waals surface area contributed by atoms with Crippen molar-refractivity contribution in [3.63, 3.8) is 0 Å². The number of rotatable bonds is 10. The summed E-state index contributed by atoms with van der Waals surface area (Å²) in [5, 5.41) is 38.3. The summed E-state index contributed by atoms with van der Waals surface area (Å²) in [6, 6.07) is 0.642. The summed E-state index contributed by atoms with van der Waals surface area (Å²) in [6.07, 6.45) is 0. The molecule has 7 N–H and O–H groups in total. The Balaban J connectivity index is 1.53. The van der Waals surface area contributed by atoms with E-state index in [0.29, 0.717) is 5.57 Å². The van der Waals surface area contributed by atoms with E-state index in [1.54, 1.807) is 6.07 Å². The van der Waals surface area contributed by atoms with E-state index in [2.05, 4.69) is 25.1 Å². The van der Waals surface area contributed by atoms with Crippen molar-refractivity contribution in [2.75, 3.05) is 23.3 Å². The van der Waals surface area contributed by atoms with Crippen molar-refractivity contribution in [2.24, 2.45) is 5.16 Å². The molecule has 19 heteroatoms. The van der Waals surface area contributed by atoms with Gasteiger partial charge in [-0.3, -0.25) is 23.7 Å². The van der Waals surface area contributed by atoms with Crippen molar-refractivity contribution in [3.8, 4) is 6.07 Å². The molecule has 2 aromatic rings. The molecule has 0 radical (unpaired) electrons. The number of nitrogens with zero attached hydrogens (tertiary/aromatic N) is 4. The molecule has 4 rings (SSSR count). The van der Waals surface area contributed by atoms with E-state index in [-0.39, 0.29) is 39.4 Å². The molecule has 1 saturated heterocycles. The highest BCUT2D eigenvalue weighted by Crippen LogP contribution is 2.40. The third-order valence-corrected chi connectivity index (χ3v) is 8.52. The minimum Gasteiger partial charge on any atom is -0.478 e. The molecule has 0 aliphatic carbocycles. The number of fused-ring (bicyclic) bond motifs is 1. The van der Waals surface area contributed by atoms with Crippen LogP contribution in [0.15, 0.2) is 26.6 Å². The summed E-state index contributed by atoms with van der Waals surface area (Å²) in [5.74, 6) is -4.16. The number of nitriles is 1. The SMILES string of the molecule is CC(C)(ON=C(C(=O)NC1C(=O)N2C(C(=O)O)=C(CNc3s[nH]c(=O)c3C#N)CS[C@@H]12)c1csc(N)n1)C(=O)O. The molecule has 2 atom stereocenters. The topological polar surface area (TPSA) is 253 Å².